The molecule has 5 aromatic rings. The molecule has 0 aliphatic rings. The summed E-state index contributed by atoms with van der Waals surface area (Å²) < 4.78 is 14.1. The molecular weight excluding hydrogens is 440 g/mol. The van der Waals surface area contributed by atoms with Gasteiger partial charge in [0.1, 0.15) is 22.7 Å². The summed E-state index contributed by atoms with van der Waals surface area (Å²) in [5.74, 6) is -0.223. The second-order valence-corrected chi connectivity index (χ2v) is 7.79. The summed E-state index contributed by atoms with van der Waals surface area (Å²) in [4.78, 5) is 25.5. The molecule has 154 valence electrons. The molecule has 0 saturated heterocycles. The van der Waals surface area contributed by atoms with Crippen LogP contribution < -0.4 is 5.73 Å². The van der Waals surface area contributed by atoms with E-state index in [0.29, 0.717) is 55.0 Å². The molecule has 0 saturated carbocycles. The highest BCUT2D eigenvalue weighted by Crippen LogP contribution is 2.36. The number of nitrogen functional groups attached to an aromatic ring is 1. The molecule has 3 aromatic heterocycles. The number of halogens is 3. The molecule has 0 bridgehead atoms. The standard InChI is InChI=1S/C21H14Cl2FN7/c1-9(20-30-19(25)18-21(31-20)27-8-26-18)15-16(11-7-10(24)5-6-12(11)22)29-17-13(23)3-2-4-14(17)28-15/h2-9H,1H3,(H3,25,26,27,30,31)/t9-/m0/s1. The first-order valence-corrected chi connectivity index (χ1v) is 10.1. The topological polar surface area (TPSA) is 106 Å². The second kappa shape index (κ2) is 7.40. The summed E-state index contributed by atoms with van der Waals surface area (Å²) in [5, 5.41) is 0.759. The predicted octanol–water partition coefficient (Wildman–Crippen LogP) is 5.14. The van der Waals surface area contributed by atoms with E-state index in [1.165, 1.54) is 24.5 Å². The Balaban J connectivity index is 1.79. The van der Waals surface area contributed by atoms with Gasteiger partial charge in [0.15, 0.2) is 11.5 Å². The summed E-state index contributed by atoms with van der Waals surface area (Å²) in [7, 11) is 0. The summed E-state index contributed by atoms with van der Waals surface area (Å²) in [6.45, 7) is 1.87. The molecule has 0 aliphatic heterocycles. The van der Waals surface area contributed by atoms with E-state index in [2.05, 4.69) is 19.9 Å². The fraction of sp³-hybridized carbons (Fsp3) is 0.0952. The van der Waals surface area contributed by atoms with Crippen molar-refractivity contribution in [3.8, 4) is 11.3 Å². The Kier molecular flexibility index (Phi) is 4.68. The van der Waals surface area contributed by atoms with Crippen LogP contribution in [0.1, 0.15) is 24.4 Å². The van der Waals surface area contributed by atoms with Crippen molar-refractivity contribution in [1.29, 1.82) is 0 Å². The molecule has 0 fully saturated rings. The van der Waals surface area contributed by atoms with Crippen molar-refractivity contribution in [1.82, 2.24) is 29.9 Å². The van der Waals surface area contributed by atoms with Crippen LogP contribution in [0.5, 0.6) is 0 Å². The molecule has 0 spiro atoms. The maximum atomic E-state index is 14.1. The van der Waals surface area contributed by atoms with Gasteiger partial charge < -0.3 is 10.7 Å². The van der Waals surface area contributed by atoms with Gasteiger partial charge in [-0.3, -0.25) is 0 Å². The Morgan fingerprint density at radius 1 is 1.03 bits per heavy atom. The monoisotopic (exact) mass is 453 g/mol. The lowest BCUT2D eigenvalue weighted by Gasteiger charge is -2.17. The number of aromatic amines is 1. The van der Waals surface area contributed by atoms with Gasteiger partial charge in [-0.15, -0.1) is 0 Å². The lowest BCUT2D eigenvalue weighted by Crippen LogP contribution is -2.10. The van der Waals surface area contributed by atoms with Crippen molar-refractivity contribution in [3.05, 3.63) is 70.1 Å². The Hall–Kier alpha value is -3.36. The molecule has 10 heteroatoms. The molecule has 0 amide bonds. The summed E-state index contributed by atoms with van der Waals surface area (Å²) in [6, 6.07) is 9.38. The van der Waals surface area contributed by atoms with E-state index in [9.17, 15) is 4.39 Å². The van der Waals surface area contributed by atoms with Crippen LogP contribution in [-0.2, 0) is 0 Å². The van der Waals surface area contributed by atoms with Gasteiger partial charge in [0.05, 0.1) is 39.2 Å². The van der Waals surface area contributed by atoms with Crippen LogP contribution in [0, 0.1) is 5.82 Å². The van der Waals surface area contributed by atoms with Crippen LogP contribution in [-0.4, -0.2) is 29.9 Å². The van der Waals surface area contributed by atoms with E-state index in [4.69, 9.17) is 38.9 Å². The molecule has 2 aromatic carbocycles. The maximum Gasteiger partial charge on any atom is 0.183 e. The summed E-state index contributed by atoms with van der Waals surface area (Å²) in [5.41, 5.74) is 9.44. The van der Waals surface area contributed by atoms with Gasteiger partial charge in [-0.05, 0) is 37.3 Å². The Bertz CT molecular complexity index is 1470. The number of nitrogens with two attached hydrogens (primary N) is 1. The zero-order chi connectivity index (χ0) is 21.7. The zero-order valence-electron chi connectivity index (χ0n) is 16.1. The third kappa shape index (κ3) is 3.34. The van der Waals surface area contributed by atoms with Gasteiger partial charge in [-0.25, -0.2) is 29.3 Å². The van der Waals surface area contributed by atoms with E-state index in [1.807, 2.05) is 6.92 Å². The van der Waals surface area contributed by atoms with Crippen LogP contribution >= 0.6 is 23.2 Å². The van der Waals surface area contributed by atoms with Crippen LogP contribution in [0.2, 0.25) is 10.0 Å². The third-order valence-corrected chi connectivity index (χ3v) is 5.62. The van der Waals surface area contributed by atoms with Crippen LogP contribution in [0.25, 0.3) is 33.5 Å². The average molecular weight is 454 g/mol. The number of aromatic nitrogens is 6. The van der Waals surface area contributed by atoms with Gasteiger partial charge in [0, 0.05) is 5.56 Å². The molecule has 0 aliphatic carbocycles. The number of fused-ring (bicyclic) bond motifs is 2. The van der Waals surface area contributed by atoms with Crippen molar-refractivity contribution in [2.24, 2.45) is 0 Å². The lowest BCUT2D eigenvalue weighted by atomic mass is 9.99. The highest BCUT2D eigenvalue weighted by Gasteiger charge is 2.24. The Labute approximate surface area is 185 Å². The van der Waals surface area contributed by atoms with Gasteiger partial charge in [-0.2, -0.15) is 0 Å². The average Bonchev–Trinajstić information content (AvgIpc) is 3.24. The third-order valence-electron chi connectivity index (χ3n) is 4.98. The van der Waals surface area contributed by atoms with Gasteiger partial charge in [-0.1, -0.05) is 29.3 Å². The minimum Gasteiger partial charge on any atom is -0.382 e. The Morgan fingerprint density at radius 3 is 2.71 bits per heavy atom. The molecule has 7 nitrogen and oxygen atoms in total. The van der Waals surface area contributed by atoms with Crippen molar-refractivity contribution in [3.63, 3.8) is 0 Å². The lowest BCUT2D eigenvalue weighted by molar-refractivity contribution is 0.628. The maximum absolute atomic E-state index is 14.1. The number of nitrogens with one attached hydrogen (secondary N) is 1. The quantitative estimate of drug-likeness (QED) is 0.391. The van der Waals surface area contributed by atoms with Gasteiger partial charge in [0.25, 0.3) is 0 Å². The van der Waals surface area contributed by atoms with Gasteiger partial charge in [0.2, 0.25) is 0 Å². The molecule has 3 N–H and O–H groups in total. The number of hydrogen-bond acceptors (Lipinski definition) is 6. The van der Waals surface area contributed by atoms with Crippen molar-refractivity contribution >= 4 is 51.2 Å². The minimum absolute atomic E-state index is 0.270. The van der Waals surface area contributed by atoms with E-state index < -0.39 is 11.7 Å². The fourth-order valence-electron chi connectivity index (χ4n) is 3.42. The van der Waals surface area contributed by atoms with E-state index in [0.717, 1.165) is 0 Å². The van der Waals surface area contributed by atoms with E-state index in [1.54, 1.807) is 18.2 Å². The number of H-pyrrole nitrogens is 1. The molecule has 31 heavy (non-hydrogen) atoms. The number of anilines is 1. The molecule has 3 heterocycles. The smallest absolute Gasteiger partial charge is 0.183 e. The second-order valence-electron chi connectivity index (χ2n) is 6.98. The van der Waals surface area contributed by atoms with Crippen LogP contribution in [0.3, 0.4) is 0 Å². The van der Waals surface area contributed by atoms with Crippen LogP contribution in [0.15, 0.2) is 42.7 Å². The molecule has 0 unspecified atom stereocenters. The normalized spacial score (nSPS) is 12.5. The first-order valence-electron chi connectivity index (χ1n) is 9.30. The summed E-state index contributed by atoms with van der Waals surface area (Å²) in [6.07, 6.45) is 1.50. The number of para-hydroxylation sites is 1. The van der Waals surface area contributed by atoms with Crippen LogP contribution in [0.4, 0.5) is 10.2 Å². The molecule has 5 rings (SSSR count). The first kappa shape index (κ1) is 19.6. The molecule has 0 radical (unpaired) electrons. The number of imidazole rings is 1. The predicted molar refractivity (Wildman–Crippen MR) is 119 cm³/mol. The van der Waals surface area contributed by atoms with Crippen molar-refractivity contribution in [2.75, 3.05) is 5.73 Å². The SMILES string of the molecule is C[C@H](c1nc(N)c2[nH]cnc2n1)c1nc2cccc(Cl)c2nc1-c1cc(F)ccc1Cl. The highest BCUT2D eigenvalue weighted by molar-refractivity contribution is 6.35. The van der Waals surface area contributed by atoms with E-state index in [-0.39, 0.29) is 5.82 Å². The van der Waals surface area contributed by atoms with Crippen molar-refractivity contribution in [2.45, 2.75) is 12.8 Å². The summed E-state index contributed by atoms with van der Waals surface area (Å²) >= 11 is 12.7. The number of benzene rings is 2. The largest absolute Gasteiger partial charge is 0.382 e. The van der Waals surface area contributed by atoms with Crippen molar-refractivity contribution < 1.29 is 4.39 Å². The van der Waals surface area contributed by atoms with E-state index >= 15 is 0 Å². The number of rotatable bonds is 3. The first-order chi connectivity index (χ1) is 14.9. The highest BCUT2D eigenvalue weighted by atomic mass is 35.5. The zero-order valence-corrected chi connectivity index (χ0v) is 17.6. The number of nitrogens with zero attached hydrogens (tertiary/aromatic N) is 5. The number of hydrogen-bond donors (Lipinski definition) is 2. The molecule has 1 atom stereocenters. The Morgan fingerprint density at radius 2 is 1.87 bits per heavy atom. The van der Waals surface area contributed by atoms with Gasteiger partial charge >= 0.3 is 0 Å². The fourth-order valence-corrected chi connectivity index (χ4v) is 3.84. The molecular formula is C21H14Cl2FN7. The minimum atomic E-state index is -0.450.